The molecule has 2 rings (SSSR count). The molecular weight excluding hydrogens is 340 g/mol. The maximum atomic E-state index is 11.8. The molecule has 24 heavy (non-hydrogen) atoms. The Labute approximate surface area is 140 Å². The fourth-order valence-electron chi connectivity index (χ4n) is 1.61. The Morgan fingerprint density at radius 2 is 1.92 bits per heavy atom. The molecule has 10 heteroatoms. The average Bonchev–Trinajstić information content (AvgIpc) is 2.58. The maximum absolute atomic E-state index is 11.8. The van der Waals surface area contributed by atoms with Crippen molar-refractivity contribution in [3.8, 4) is 5.75 Å². The summed E-state index contributed by atoms with van der Waals surface area (Å²) < 4.78 is 5.03. The molecule has 2 N–H and O–H groups in total. The van der Waals surface area contributed by atoms with Crippen LogP contribution in [-0.2, 0) is 4.79 Å². The molecule has 0 fully saturated rings. The summed E-state index contributed by atoms with van der Waals surface area (Å²) in [6.07, 6.45) is 1.23. The molecule has 9 nitrogen and oxygen atoms in total. The number of ether oxygens (including phenoxy) is 1. The van der Waals surface area contributed by atoms with Crippen molar-refractivity contribution in [1.82, 2.24) is 15.8 Å². The zero-order valence-corrected chi connectivity index (χ0v) is 12.8. The number of pyridine rings is 1. The van der Waals surface area contributed by atoms with Gasteiger partial charge in [-0.3, -0.25) is 20.4 Å². The van der Waals surface area contributed by atoms with Crippen molar-refractivity contribution in [2.45, 2.75) is 0 Å². The fraction of sp³-hybridized carbons (Fsp3) is 0.0714. The van der Waals surface area contributed by atoms with Crippen molar-refractivity contribution in [2.24, 2.45) is 0 Å². The molecule has 124 valence electrons. The Hall–Kier alpha value is -3.20. The first-order valence-electron chi connectivity index (χ1n) is 6.54. The van der Waals surface area contributed by atoms with E-state index in [0.717, 1.165) is 0 Å². The van der Waals surface area contributed by atoms with E-state index in [4.69, 9.17) is 16.3 Å². The predicted octanol–water partition coefficient (Wildman–Crippen LogP) is 1.48. The number of carbonyl (C=O) groups excluding carboxylic acids is 2. The van der Waals surface area contributed by atoms with E-state index in [1.807, 2.05) is 0 Å². The van der Waals surface area contributed by atoms with Crippen LogP contribution >= 0.6 is 11.6 Å². The van der Waals surface area contributed by atoms with E-state index in [9.17, 15) is 19.7 Å². The summed E-state index contributed by atoms with van der Waals surface area (Å²) in [7, 11) is 0. The van der Waals surface area contributed by atoms with Gasteiger partial charge in [0.25, 0.3) is 11.8 Å². The van der Waals surface area contributed by atoms with E-state index in [1.54, 1.807) is 0 Å². The molecule has 1 heterocycles. The monoisotopic (exact) mass is 350 g/mol. The number of amides is 2. The van der Waals surface area contributed by atoms with Gasteiger partial charge in [-0.2, -0.15) is 0 Å². The molecular formula is C14H11ClN4O5. The first-order valence-corrected chi connectivity index (χ1v) is 6.92. The number of halogens is 1. The summed E-state index contributed by atoms with van der Waals surface area (Å²) in [5.41, 5.74) is 4.60. The lowest BCUT2D eigenvalue weighted by atomic mass is 10.2. The lowest BCUT2D eigenvalue weighted by Crippen LogP contribution is -2.43. The molecule has 2 aromatic rings. The van der Waals surface area contributed by atoms with Crippen LogP contribution < -0.4 is 15.6 Å². The van der Waals surface area contributed by atoms with Gasteiger partial charge in [-0.15, -0.1) is 0 Å². The number of carbonyl (C=O) groups is 2. The Kier molecular flexibility index (Phi) is 5.63. The van der Waals surface area contributed by atoms with E-state index < -0.39 is 29.2 Å². The fourth-order valence-corrected chi connectivity index (χ4v) is 1.74. The van der Waals surface area contributed by atoms with Crippen LogP contribution in [0.1, 0.15) is 10.4 Å². The second kappa shape index (κ2) is 7.88. The second-order valence-electron chi connectivity index (χ2n) is 4.38. The number of nitro groups is 1. The highest BCUT2D eigenvalue weighted by atomic mass is 35.5. The van der Waals surface area contributed by atoms with E-state index in [-0.39, 0.29) is 5.75 Å². The summed E-state index contributed by atoms with van der Waals surface area (Å²) in [6, 6.07) is 8.78. The number of nitrogens with one attached hydrogen (secondary N) is 2. The first kappa shape index (κ1) is 17.2. The van der Waals surface area contributed by atoms with E-state index in [0.29, 0.717) is 10.6 Å². The van der Waals surface area contributed by atoms with Crippen LogP contribution in [-0.4, -0.2) is 28.3 Å². The Balaban J connectivity index is 1.85. The molecule has 0 saturated heterocycles. The minimum absolute atomic E-state index is 0.151. The van der Waals surface area contributed by atoms with Gasteiger partial charge in [0.15, 0.2) is 6.61 Å². The summed E-state index contributed by atoms with van der Waals surface area (Å²) in [5.74, 6) is -1.90. The minimum Gasteiger partial charge on any atom is -0.476 e. The quantitative estimate of drug-likeness (QED) is 0.622. The third kappa shape index (κ3) is 4.65. The molecule has 0 atom stereocenters. The molecule has 0 bridgehead atoms. The van der Waals surface area contributed by atoms with Crippen molar-refractivity contribution in [3.05, 3.63) is 63.3 Å². The molecule has 0 radical (unpaired) electrons. The molecule has 0 saturated carbocycles. The van der Waals surface area contributed by atoms with Crippen LogP contribution in [0.25, 0.3) is 0 Å². The van der Waals surface area contributed by atoms with Crippen LogP contribution in [0, 0.1) is 10.1 Å². The zero-order valence-electron chi connectivity index (χ0n) is 12.1. The maximum Gasteiger partial charge on any atom is 0.406 e. The SMILES string of the molecule is O=C(COc1cccnc1[N+](=O)[O-])NNC(=O)c1ccc(Cl)cc1. The molecule has 2 amide bonds. The molecule has 1 aromatic carbocycles. The average molecular weight is 351 g/mol. The van der Waals surface area contributed by atoms with E-state index >= 15 is 0 Å². The molecule has 0 unspecified atom stereocenters. The highest BCUT2D eigenvalue weighted by Crippen LogP contribution is 2.22. The number of hydrazine groups is 1. The van der Waals surface area contributed by atoms with Gasteiger partial charge in [-0.25, -0.2) is 0 Å². The first-order chi connectivity index (χ1) is 11.5. The van der Waals surface area contributed by atoms with E-state index in [1.165, 1.54) is 42.6 Å². The van der Waals surface area contributed by atoms with Gasteiger partial charge in [0.1, 0.15) is 6.20 Å². The Bertz CT molecular complexity index is 766. The lowest BCUT2D eigenvalue weighted by Gasteiger charge is -2.08. The van der Waals surface area contributed by atoms with Crippen LogP contribution in [0.3, 0.4) is 0 Å². The van der Waals surface area contributed by atoms with Crippen LogP contribution in [0.5, 0.6) is 5.75 Å². The van der Waals surface area contributed by atoms with Gasteiger partial charge >= 0.3 is 5.82 Å². The van der Waals surface area contributed by atoms with Gasteiger partial charge in [-0.05, 0) is 46.3 Å². The smallest absolute Gasteiger partial charge is 0.406 e. The van der Waals surface area contributed by atoms with Crippen molar-refractivity contribution in [1.29, 1.82) is 0 Å². The highest BCUT2D eigenvalue weighted by Gasteiger charge is 2.16. The van der Waals surface area contributed by atoms with Gasteiger partial charge < -0.3 is 14.9 Å². The highest BCUT2D eigenvalue weighted by molar-refractivity contribution is 6.30. The largest absolute Gasteiger partial charge is 0.476 e. The predicted molar refractivity (Wildman–Crippen MR) is 83.4 cm³/mol. The van der Waals surface area contributed by atoms with Crippen molar-refractivity contribution in [3.63, 3.8) is 0 Å². The van der Waals surface area contributed by atoms with Crippen LogP contribution in [0.15, 0.2) is 42.6 Å². The normalized spacial score (nSPS) is 9.88. The molecule has 0 aliphatic carbocycles. The second-order valence-corrected chi connectivity index (χ2v) is 4.82. The van der Waals surface area contributed by atoms with Gasteiger partial charge in [-0.1, -0.05) is 11.6 Å². The topological polar surface area (TPSA) is 123 Å². The summed E-state index contributed by atoms with van der Waals surface area (Å²) in [6.45, 7) is -0.534. The van der Waals surface area contributed by atoms with Gasteiger partial charge in [0.05, 0.1) is 0 Å². The molecule has 0 aliphatic heterocycles. The van der Waals surface area contributed by atoms with Gasteiger partial charge in [0.2, 0.25) is 5.75 Å². The van der Waals surface area contributed by atoms with Crippen molar-refractivity contribution in [2.75, 3.05) is 6.61 Å². The summed E-state index contributed by atoms with van der Waals surface area (Å²) >= 11 is 5.71. The molecule has 1 aromatic heterocycles. The van der Waals surface area contributed by atoms with Gasteiger partial charge in [0, 0.05) is 10.6 Å². The summed E-state index contributed by atoms with van der Waals surface area (Å²) in [4.78, 5) is 37.0. The number of aromatic nitrogens is 1. The number of nitrogens with zero attached hydrogens (tertiary/aromatic N) is 2. The number of rotatable bonds is 5. The minimum atomic E-state index is -0.727. The summed E-state index contributed by atoms with van der Waals surface area (Å²) in [5, 5.41) is 11.2. The standard InChI is InChI=1S/C14H11ClN4O5/c15-10-5-3-9(4-6-10)14(21)18-17-12(20)8-24-11-2-1-7-16-13(11)19(22)23/h1-7H,8H2,(H,17,20)(H,18,21). The lowest BCUT2D eigenvalue weighted by molar-refractivity contribution is -0.390. The van der Waals surface area contributed by atoms with E-state index in [2.05, 4.69) is 15.8 Å². The van der Waals surface area contributed by atoms with Crippen LogP contribution in [0.4, 0.5) is 5.82 Å². The van der Waals surface area contributed by atoms with Crippen molar-refractivity contribution >= 4 is 29.2 Å². The third-order valence-corrected chi connectivity index (χ3v) is 2.96. The molecule has 0 spiro atoms. The number of benzene rings is 1. The number of hydrogen-bond acceptors (Lipinski definition) is 6. The number of hydrogen-bond donors (Lipinski definition) is 2. The van der Waals surface area contributed by atoms with Crippen molar-refractivity contribution < 1.29 is 19.2 Å². The zero-order chi connectivity index (χ0) is 17.5. The third-order valence-electron chi connectivity index (χ3n) is 2.70. The van der Waals surface area contributed by atoms with Crippen LogP contribution in [0.2, 0.25) is 5.02 Å². The molecule has 0 aliphatic rings. The Morgan fingerprint density at radius 1 is 1.21 bits per heavy atom. The Morgan fingerprint density at radius 3 is 2.58 bits per heavy atom.